The highest BCUT2D eigenvalue weighted by Gasteiger charge is 2.15. The number of unbranched alkanes of at least 4 members (excludes halogenated alkanes) is 6. The Labute approximate surface area is 382 Å². The molecule has 0 unspecified atom stereocenters. The molecule has 0 amide bonds. The van der Waals surface area contributed by atoms with Crippen molar-refractivity contribution in [1.29, 1.82) is 0 Å². The molecule has 0 aliphatic heterocycles. The van der Waals surface area contributed by atoms with Gasteiger partial charge in [-0.05, 0) is 173 Å². The molecule has 0 saturated heterocycles. The first-order valence-corrected chi connectivity index (χ1v) is 21.3. The summed E-state index contributed by atoms with van der Waals surface area (Å²) in [5, 5.41) is 0. The molecule has 0 fully saturated rings. The van der Waals surface area contributed by atoms with E-state index < -0.39 is 35.8 Å². The van der Waals surface area contributed by atoms with E-state index >= 15 is 0 Å². The fourth-order valence-corrected chi connectivity index (χ4v) is 5.89. The largest absolute Gasteiger partial charge is 0.494 e. The summed E-state index contributed by atoms with van der Waals surface area (Å²) in [5.74, 6) is -1.22. The van der Waals surface area contributed by atoms with Crippen LogP contribution < -0.4 is 28.4 Å². The Morgan fingerprint density at radius 1 is 0.318 bits per heavy atom. The Balaban J connectivity index is 0.975. The number of hydrogen-bond acceptors (Lipinski definition) is 14. The highest BCUT2D eigenvalue weighted by molar-refractivity contribution is 5.94. The fraction of sp³-hybridized carbons (Fsp3) is 0.231. The topological polar surface area (TPSA) is 176 Å². The second kappa shape index (κ2) is 26.6. The number of ether oxygens (including phenoxy) is 8. The van der Waals surface area contributed by atoms with Crippen LogP contribution in [-0.2, 0) is 19.1 Å². The third-order valence-corrected chi connectivity index (χ3v) is 9.46. The first kappa shape index (κ1) is 49.0. The van der Waals surface area contributed by atoms with Crippen molar-refractivity contribution in [2.24, 2.45) is 0 Å². The van der Waals surface area contributed by atoms with Gasteiger partial charge in [-0.1, -0.05) is 13.2 Å². The molecule has 0 radical (unpaired) electrons. The molecule has 5 aromatic carbocycles. The molecule has 0 saturated carbocycles. The lowest BCUT2D eigenvalue weighted by Crippen LogP contribution is -2.11. The van der Waals surface area contributed by atoms with E-state index in [4.69, 9.17) is 37.9 Å². The van der Waals surface area contributed by atoms with Gasteiger partial charge >= 0.3 is 35.8 Å². The summed E-state index contributed by atoms with van der Waals surface area (Å²) in [5.41, 5.74) is 1.06. The monoisotopic (exact) mass is 898 g/mol. The molecule has 342 valence electrons. The maximum absolute atomic E-state index is 12.8. The predicted octanol–water partition coefficient (Wildman–Crippen LogP) is 9.90. The lowest BCUT2D eigenvalue weighted by Gasteiger charge is -2.09. The summed E-state index contributed by atoms with van der Waals surface area (Å²) >= 11 is 0. The fourth-order valence-electron chi connectivity index (χ4n) is 5.89. The van der Waals surface area contributed by atoms with E-state index in [1.54, 1.807) is 48.5 Å². The minimum atomic E-state index is -0.657. The highest BCUT2D eigenvalue weighted by Crippen LogP contribution is 2.23. The van der Waals surface area contributed by atoms with Crippen molar-refractivity contribution in [3.63, 3.8) is 0 Å². The third-order valence-electron chi connectivity index (χ3n) is 9.46. The molecule has 0 bridgehead atoms. The second-order valence-corrected chi connectivity index (χ2v) is 14.4. The smallest absolute Gasteiger partial charge is 0.343 e. The number of hydrogen-bond donors (Lipinski definition) is 0. The number of esters is 6. The average molecular weight is 899 g/mol. The zero-order valence-electron chi connectivity index (χ0n) is 36.3. The van der Waals surface area contributed by atoms with Gasteiger partial charge in [0.2, 0.25) is 0 Å². The van der Waals surface area contributed by atoms with Crippen molar-refractivity contribution in [3.8, 4) is 34.5 Å². The van der Waals surface area contributed by atoms with Crippen LogP contribution in [-0.4, -0.2) is 62.2 Å². The van der Waals surface area contributed by atoms with Gasteiger partial charge in [0, 0.05) is 12.2 Å². The summed E-state index contributed by atoms with van der Waals surface area (Å²) in [6.45, 7) is 8.47. The SMILES string of the molecule is C=CC(=O)OCCCCCCOc1ccc(C(=O)Oc2ccc(C(=O)Oc3ccc(OC(=O)c4ccc(OC(=O)c5ccc(OCCCCCCOC(=O)C=C)cc5)cc4)cc3)cc2)cc1. The van der Waals surface area contributed by atoms with Crippen LogP contribution in [0.15, 0.2) is 147 Å². The molecule has 5 aromatic rings. The normalized spacial score (nSPS) is 10.4. The van der Waals surface area contributed by atoms with Gasteiger partial charge in [0.25, 0.3) is 0 Å². The van der Waals surface area contributed by atoms with E-state index in [-0.39, 0.29) is 34.1 Å². The molecule has 0 aliphatic rings. The van der Waals surface area contributed by atoms with Crippen molar-refractivity contribution >= 4 is 35.8 Å². The van der Waals surface area contributed by atoms with Crippen LogP contribution in [0.25, 0.3) is 0 Å². The van der Waals surface area contributed by atoms with Crippen molar-refractivity contribution in [2.75, 3.05) is 26.4 Å². The zero-order chi connectivity index (χ0) is 46.9. The molecular weight excluding hydrogens is 849 g/mol. The van der Waals surface area contributed by atoms with E-state index in [1.807, 2.05) is 0 Å². The van der Waals surface area contributed by atoms with Gasteiger partial charge in [-0.3, -0.25) is 0 Å². The first-order chi connectivity index (χ1) is 32.1. The zero-order valence-corrected chi connectivity index (χ0v) is 36.3. The van der Waals surface area contributed by atoms with E-state index in [0.29, 0.717) is 49.1 Å². The van der Waals surface area contributed by atoms with Crippen LogP contribution in [0, 0.1) is 0 Å². The van der Waals surface area contributed by atoms with Crippen molar-refractivity contribution in [1.82, 2.24) is 0 Å². The lowest BCUT2D eigenvalue weighted by atomic mass is 10.2. The van der Waals surface area contributed by atoms with Gasteiger partial charge < -0.3 is 37.9 Å². The summed E-state index contributed by atoms with van der Waals surface area (Å²) < 4.78 is 43.2. The molecule has 0 aromatic heterocycles. The Kier molecular flexibility index (Phi) is 19.7. The average Bonchev–Trinajstić information content (AvgIpc) is 3.34. The van der Waals surface area contributed by atoms with E-state index in [9.17, 15) is 28.8 Å². The Hall–Kier alpha value is -8.00. The molecule has 0 spiro atoms. The van der Waals surface area contributed by atoms with Gasteiger partial charge in [0.1, 0.15) is 34.5 Å². The molecule has 0 N–H and O–H groups in total. The second-order valence-electron chi connectivity index (χ2n) is 14.4. The molecule has 66 heavy (non-hydrogen) atoms. The van der Waals surface area contributed by atoms with Crippen molar-refractivity contribution in [3.05, 3.63) is 169 Å². The summed E-state index contributed by atoms with van der Waals surface area (Å²) in [6, 6.07) is 30.8. The van der Waals surface area contributed by atoms with Crippen molar-refractivity contribution in [2.45, 2.75) is 51.4 Å². The van der Waals surface area contributed by atoms with Gasteiger partial charge in [-0.2, -0.15) is 0 Å². The molecule has 14 nitrogen and oxygen atoms in total. The van der Waals surface area contributed by atoms with Gasteiger partial charge in [-0.15, -0.1) is 0 Å². The number of benzene rings is 5. The van der Waals surface area contributed by atoms with Crippen LogP contribution in [0.4, 0.5) is 0 Å². The van der Waals surface area contributed by atoms with E-state index in [1.165, 1.54) is 72.8 Å². The van der Waals surface area contributed by atoms with Crippen LogP contribution in [0.5, 0.6) is 34.5 Å². The summed E-state index contributed by atoms with van der Waals surface area (Å²) in [7, 11) is 0. The molecular formula is C52H50O14. The predicted molar refractivity (Wildman–Crippen MR) is 242 cm³/mol. The van der Waals surface area contributed by atoms with Gasteiger partial charge in [0.05, 0.1) is 48.7 Å². The standard InChI is InChI=1S/C52H50O14/c1-3-47(53)61-35-11-7-5-9-33-59-41-21-13-37(14-22-41)49(55)63-43-25-17-39(18-26-43)51(57)65-45-29-31-46(32-30-45)66-52(58)40-19-27-44(28-20-40)64-50(56)38-15-23-42(24-16-38)60-34-10-6-8-12-36-62-48(54)4-2/h3-4,13-32H,1-2,5-12,33-36H2. The molecule has 5 rings (SSSR count). The summed E-state index contributed by atoms with van der Waals surface area (Å²) in [6.07, 6.45) is 9.13. The molecule has 14 heteroatoms. The van der Waals surface area contributed by atoms with E-state index in [0.717, 1.165) is 63.5 Å². The van der Waals surface area contributed by atoms with Crippen LogP contribution >= 0.6 is 0 Å². The van der Waals surface area contributed by atoms with Crippen molar-refractivity contribution < 1.29 is 66.7 Å². The maximum Gasteiger partial charge on any atom is 0.343 e. The highest BCUT2D eigenvalue weighted by atomic mass is 16.6. The van der Waals surface area contributed by atoms with E-state index in [2.05, 4.69) is 13.2 Å². The summed E-state index contributed by atoms with van der Waals surface area (Å²) in [4.78, 5) is 73.2. The van der Waals surface area contributed by atoms with Gasteiger partial charge in [-0.25, -0.2) is 28.8 Å². The van der Waals surface area contributed by atoms with Gasteiger partial charge in [0.15, 0.2) is 0 Å². The lowest BCUT2D eigenvalue weighted by molar-refractivity contribution is -0.138. The number of carbonyl (C=O) groups excluding carboxylic acids is 6. The third kappa shape index (κ3) is 16.9. The Bertz CT molecular complexity index is 2220. The minimum absolute atomic E-state index is 0.203. The Morgan fingerprint density at radius 3 is 0.803 bits per heavy atom. The van der Waals surface area contributed by atoms with Crippen LogP contribution in [0.1, 0.15) is 92.8 Å². The number of rotatable bonds is 26. The molecule has 0 atom stereocenters. The number of carbonyl (C=O) groups is 6. The first-order valence-electron chi connectivity index (χ1n) is 21.3. The maximum atomic E-state index is 12.8. The van der Waals surface area contributed by atoms with Crippen LogP contribution in [0.3, 0.4) is 0 Å². The molecule has 0 heterocycles. The van der Waals surface area contributed by atoms with Crippen LogP contribution in [0.2, 0.25) is 0 Å². The minimum Gasteiger partial charge on any atom is -0.494 e. The Morgan fingerprint density at radius 2 is 0.545 bits per heavy atom. The molecule has 0 aliphatic carbocycles. The quantitative estimate of drug-likeness (QED) is 0.0222.